The van der Waals surface area contributed by atoms with E-state index in [1.54, 1.807) is 36.4 Å². The number of benzene rings is 3. The lowest BCUT2D eigenvalue weighted by atomic mass is 10.1. The molecule has 1 heterocycles. The zero-order valence-electron chi connectivity index (χ0n) is 15.8. The number of amides is 3. The molecule has 0 fully saturated rings. The number of carbonyl (C=O) groups is 2. The van der Waals surface area contributed by atoms with Crippen molar-refractivity contribution in [3.05, 3.63) is 76.3 Å². The predicted octanol–water partition coefficient (Wildman–Crippen LogP) is 5.96. The topological polar surface area (TPSA) is 79.5 Å². The van der Waals surface area contributed by atoms with Crippen LogP contribution in [0.2, 0.25) is 5.02 Å². The minimum atomic E-state index is -0.404. The average molecular weight is 408 g/mol. The van der Waals surface area contributed by atoms with Gasteiger partial charge < -0.3 is 20.7 Å². The van der Waals surface area contributed by atoms with Gasteiger partial charge in [0.1, 0.15) is 5.75 Å². The molecule has 0 bridgehead atoms. The number of hydrogen-bond donors (Lipinski definition) is 3. The maximum Gasteiger partial charge on any atom is 0.323 e. The number of aryl methyl sites for hydroxylation is 2. The van der Waals surface area contributed by atoms with E-state index >= 15 is 0 Å². The molecule has 0 aliphatic carbocycles. The second kappa shape index (κ2) is 7.48. The van der Waals surface area contributed by atoms with Crippen molar-refractivity contribution in [3.8, 4) is 11.5 Å². The van der Waals surface area contributed by atoms with Crippen LogP contribution in [0.4, 0.5) is 21.9 Å². The lowest BCUT2D eigenvalue weighted by molar-refractivity contribution is 0.102. The fourth-order valence-electron chi connectivity index (χ4n) is 2.98. The first kappa shape index (κ1) is 18.8. The molecule has 0 saturated carbocycles. The molecular weight excluding hydrogens is 390 g/mol. The Hall–Kier alpha value is -3.51. The van der Waals surface area contributed by atoms with Crippen LogP contribution >= 0.6 is 11.6 Å². The maximum absolute atomic E-state index is 12.6. The number of ether oxygens (including phenoxy) is 1. The fourth-order valence-corrected chi connectivity index (χ4v) is 3.16. The Morgan fingerprint density at radius 3 is 2.34 bits per heavy atom. The molecule has 0 saturated heterocycles. The molecule has 6 nitrogen and oxygen atoms in total. The minimum absolute atomic E-state index is 0.307. The standard InChI is InChI=1S/C22H18ClN3O3/c1-12-3-5-15(9-13(12)2)24-22(28)25-16-6-8-19-17(11-16)21(27)26-18-10-14(23)4-7-20(18)29-19/h3-11H,1-2H3,(H,26,27)(H2,24,25,28). The summed E-state index contributed by atoms with van der Waals surface area (Å²) in [5, 5.41) is 8.79. The maximum atomic E-state index is 12.6. The van der Waals surface area contributed by atoms with Crippen molar-refractivity contribution in [1.29, 1.82) is 0 Å². The van der Waals surface area contributed by atoms with Crippen LogP contribution in [-0.2, 0) is 0 Å². The molecule has 7 heteroatoms. The summed E-state index contributed by atoms with van der Waals surface area (Å²) in [6.07, 6.45) is 0. The number of nitrogens with one attached hydrogen (secondary N) is 3. The minimum Gasteiger partial charge on any atom is -0.454 e. The highest BCUT2D eigenvalue weighted by Crippen LogP contribution is 2.37. The van der Waals surface area contributed by atoms with Gasteiger partial charge in [0.15, 0.2) is 5.75 Å². The number of carbonyl (C=O) groups excluding carboxylic acids is 2. The highest BCUT2D eigenvalue weighted by molar-refractivity contribution is 6.31. The van der Waals surface area contributed by atoms with E-state index in [0.717, 1.165) is 11.1 Å². The number of fused-ring (bicyclic) bond motifs is 2. The summed E-state index contributed by atoms with van der Waals surface area (Å²) < 4.78 is 5.84. The molecule has 3 amide bonds. The first-order chi connectivity index (χ1) is 13.9. The Kier molecular flexibility index (Phi) is 4.86. The summed E-state index contributed by atoms with van der Waals surface area (Å²) in [7, 11) is 0. The molecular formula is C22H18ClN3O3. The highest BCUT2D eigenvalue weighted by atomic mass is 35.5. The van der Waals surface area contributed by atoms with Gasteiger partial charge in [0.2, 0.25) is 0 Å². The van der Waals surface area contributed by atoms with E-state index in [1.807, 2.05) is 32.0 Å². The van der Waals surface area contributed by atoms with Crippen LogP contribution in [-0.4, -0.2) is 11.9 Å². The monoisotopic (exact) mass is 407 g/mol. The Balaban J connectivity index is 1.53. The molecule has 4 rings (SSSR count). The molecule has 0 spiro atoms. The molecule has 0 unspecified atom stereocenters. The van der Waals surface area contributed by atoms with Crippen molar-refractivity contribution >= 4 is 40.6 Å². The van der Waals surface area contributed by atoms with E-state index in [-0.39, 0.29) is 5.91 Å². The zero-order valence-corrected chi connectivity index (χ0v) is 16.6. The molecule has 3 aromatic carbocycles. The number of rotatable bonds is 2. The molecule has 1 aliphatic rings. The molecule has 3 N–H and O–H groups in total. The second-order valence-corrected chi connectivity index (χ2v) is 7.22. The average Bonchev–Trinajstić information content (AvgIpc) is 2.80. The number of hydrogen-bond acceptors (Lipinski definition) is 3. The van der Waals surface area contributed by atoms with E-state index in [9.17, 15) is 9.59 Å². The fraction of sp³-hybridized carbons (Fsp3) is 0.0909. The van der Waals surface area contributed by atoms with Crippen molar-refractivity contribution in [2.75, 3.05) is 16.0 Å². The molecule has 0 aromatic heterocycles. The Morgan fingerprint density at radius 2 is 1.59 bits per heavy atom. The first-order valence-electron chi connectivity index (χ1n) is 8.97. The normalized spacial score (nSPS) is 12.0. The lowest BCUT2D eigenvalue weighted by Gasteiger charge is -2.11. The van der Waals surface area contributed by atoms with Crippen LogP contribution in [0.15, 0.2) is 54.6 Å². The van der Waals surface area contributed by atoms with Crippen LogP contribution in [0.5, 0.6) is 11.5 Å². The largest absolute Gasteiger partial charge is 0.454 e. The third-order valence-corrected chi connectivity index (χ3v) is 4.89. The van der Waals surface area contributed by atoms with E-state index in [2.05, 4.69) is 16.0 Å². The van der Waals surface area contributed by atoms with Crippen molar-refractivity contribution in [2.45, 2.75) is 13.8 Å². The quantitative estimate of drug-likeness (QED) is 0.490. The van der Waals surface area contributed by atoms with Gasteiger partial charge in [-0.25, -0.2) is 4.79 Å². The molecule has 0 radical (unpaired) electrons. The van der Waals surface area contributed by atoms with Crippen LogP contribution in [0.3, 0.4) is 0 Å². The Labute approximate surface area is 172 Å². The van der Waals surface area contributed by atoms with E-state index in [4.69, 9.17) is 16.3 Å². The van der Waals surface area contributed by atoms with Gasteiger partial charge in [0, 0.05) is 16.4 Å². The summed E-state index contributed by atoms with van der Waals surface area (Å²) in [5.41, 5.74) is 4.18. The third kappa shape index (κ3) is 4.02. The van der Waals surface area contributed by atoms with Gasteiger partial charge in [-0.15, -0.1) is 0 Å². The highest BCUT2D eigenvalue weighted by Gasteiger charge is 2.21. The number of urea groups is 1. The van der Waals surface area contributed by atoms with Crippen molar-refractivity contribution in [2.24, 2.45) is 0 Å². The number of halogens is 1. The van der Waals surface area contributed by atoms with Gasteiger partial charge in [0.25, 0.3) is 5.91 Å². The van der Waals surface area contributed by atoms with E-state index in [0.29, 0.717) is 39.1 Å². The van der Waals surface area contributed by atoms with Crippen LogP contribution in [0.25, 0.3) is 0 Å². The van der Waals surface area contributed by atoms with Gasteiger partial charge in [-0.05, 0) is 73.5 Å². The van der Waals surface area contributed by atoms with E-state index in [1.165, 1.54) is 0 Å². The third-order valence-electron chi connectivity index (χ3n) is 4.66. The molecule has 1 aliphatic heterocycles. The summed E-state index contributed by atoms with van der Waals surface area (Å²) in [6.45, 7) is 3.99. The summed E-state index contributed by atoms with van der Waals surface area (Å²) in [4.78, 5) is 25.0. The smallest absolute Gasteiger partial charge is 0.323 e. The van der Waals surface area contributed by atoms with Crippen LogP contribution in [0.1, 0.15) is 21.5 Å². The first-order valence-corrected chi connectivity index (χ1v) is 9.35. The predicted molar refractivity (Wildman–Crippen MR) is 114 cm³/mol. The zero-order chi connectivity index (χ0) is 20.5. The Morgan fingerprint density at radius 1 is 0.897 bits per heavy atom. The molecule has 29 heavy (non-hydrogen) atoms. The van der Waals surface area contributed by atoms with Crippen molar-refractivity contribution in [3.63, 3.8) is 0 Å². The molecule has 3 aromatic rings. The summed E-state index contributed by atoms with van der Waals surface area (Å²) in [6, 6.07) is 15.2. The van der Waals surface area contributed by atoms with Crippen molar-refractivity contribution in [1.82, 2.24) is 0 Å². The SMILES string of the molecule is Cc1ccc(NC(=O)Nc2ccc3c(c2)C(=O)Nc2cc(Cl)ccc2O3)cc1C. The van der Waals surface area contributed by atoms with Crippen LogP contribution < -0.4 is 20.7 Å². The Bertz CT molecular complexity index is 1140. The summed E-state index contributed by atoms with van der Waals surface area (Å²) in [5.74, 6) is 0.539. The van der Waals surface area contributed by atoms with Crippen molar-refractivity contribution < 1.29 is 14.3 Å². The van der Waals surface area contributed by atoms with Gasteiger partial charge in [0.05, 0.1) is 11.3 Å². The van der Waals surface area contributed by atoms with Gasteiger partial charge in [-0.1, -0.05) is 17.7 Å². The summed E-state index contributed by atoms with van der Waals surface area (Å²) >= 11 is 6.00. The van der Waals surface area contributed by atoms with Crippen LogP contribution in [0, 0.1) is 13.8 Å². The van der Waals surface area contributed by atoms with Gasteiger partial charge in [-0.2, -0.15) is 0 Å². The van der Waals surface area contributed by atoms with Gasteiger partial charge in [-0.3, -0.25) is 4.79 Å². The van der Waals surface area contributed by atoms with E-state index < -0.39 is 6.03 Å². The second-order valence-electron chi connectivity index (χ2n) is 6.79. The van der Waals surface area contributed by atoms with Gasteiger partial charge >= 0.3 is 6.03 Å². The lowest BCUT2D eigenvalue weighted by Crippen LogP contribution is -2.20. The molecule has 146 valence electrons. The number of anilines is 3. The molecule has 0 atom stereocenters.